The number of aryl methyl sites for hydroxylation is 2. The van der Waals surface area contributed by atoms with Crippen LogP contribution in [0.3, 0.4) is 0 Å². The van der Waals surface area contributed by atoms with Crippen LogP contribution in [0.2, 0.25) is 0 Å². The van der Waals surface area contributed by atoms with Gasteiger partial charge in [-0.2, -0.15) is 0 Å². The highest BCUT2D eigenvalue weighted by Gasteiger charge is 2.21. The molecule has 1 amide bonds. The van der Waals surface area contributed by atoms with E-state index in [1.807, 2.05) is 56.3 Å². The first-order chi connectivity index (χ1) is 13.3. The number of nitrogens with zero attached hydrogens (tertiary/aromatic N) is 1. The molecule has 2 aromatic carbocycles. The number of carbonyl (C=O) groups is 2. The fraction of sp³-hybridized carbons (Fsp3) is 0.174. The normalized spacial score (nSPS) is 10.6. The second kappa shape index (κ2) is 7.64. The van der Waals surface area contributed by atoms with Crippen molar-refractivity contribution < 1.29 is 9.59 Å². The molecule has 5 nitrogen and oxygen atoms in total. The molecule has 0 radical (unpaired) electrons. The van der Waals surface area contributed by atoms with E-state index in [2.05, 4.69) is 5.32 Å². The molecule has 5 heteroatoms. The Balaban J connectivity index is 2.21. The largest absolute Gasteiger partial charge is 0.322 e. The molecule has 28 heavy (non-hydrogen) atoms. The number of benzene rings is 2. The summed E-state index contributed by atoms with van der Waals surface area (Å²) < 4.78 is 1.44. The number of hydrogen-bond acceptors (Lipinski definition) is 3. The van der Waals surface area contributed by atoms with Crippen LogP contribution in [0, 0.1) is 20.8 Å². The zero-order valence-electron chi connectivity index (χ0n) is 16.4. The molecule has 0 saturated carbocycles. The van der Waals surface area contributed by atoms with Crippen LogP contribution in [0.15, 0.2) is 59.4 Å². The molecule has 0 unspecified atom stereocenters. The Kier molecular flexibility index (Phi) is 5.27. The Bertz CT molecular complexity index is 1140. The molecule has 0 aliphatic rings. The third kappa shape index (κ3) is 3.51. The molecule has 1 heterocycles. The fourth-order valence-electron chi connectivity index (χ4n) is 3.19. The van der Waals surface area contributed by atoms with Crippen LogP contribution in [-0.2, 0) is 0 Å². The molecule has 3 rings (SSSR count). The molecule has 0 atom stereocenters. The summed E-state index contributed by atoms with van der Waals surface area (Å²) in [6.45, 7) is 6.83. The van der Waals surface area contributed by atoms with Crippen LogP contribution in [-0.4, -0.2) is 16.3 Å². The van der Waals surface area contributed by atoms with Crippen molar-refractivity contribution in [2.75, 3.05) is 5.32 Å². The molecule has 0 saturated heterocycles. The van der Waals surface area contributed by atoms with Gasteiger partial charge in [0, 0.05) is 11.4 Å². The Hall–Kier alpha value is -3.47. The first-order valence-corrected chi connectivity index (χ1v) is 9.02. The maximum absolute atomic E-state index is 13.0. The van der Waals surface area contributed by atoms with Crippen molar-refractivity contribution in [3.63, 3.8) is 0 Å². The van der Waals surface area contributed by atoms with E-state index in [-0.39, 0.29) is 22.8 Å². The number of amides is 1. The van der Waals surface area contributed by atoms with Crippen molar-refractivity contribution in [2.45, 2.75) is 27.7 Å². The minimum atomic E-state index is -0.424. The zero-order chi connectivity index (χ0) is 20.4. The summed E-state index contributed by atoms with van der Waals surface area (Å²) >= 11 is 0. The van der Waals surface area contributed by atoms with Crippen molar-refractivity contribution in [3.8, 4) is 5.69 Å². The summed E-state index contributed by atoms with van der Waals surface area (Å²) in [5, 5.41) is 2.88. The van der Waals surface area contributed by atoms with Crippen molar-refractivity contribution >= 4 is 17.4 Å². The average molecular weight is 374 g/mol. The van der Waals surface area contributed by atoms with Crippen LogP contribution < -0.4 is 10.9 Å². The van der Waals surface area contributed by atoms with Gasteiger partial charge in [0.2, 0.25) is 0 Å². The molecular weight excluding hydrogens is 352 g/mol. The highest BCUT2D eigenvalue weighted by molar-refractivity contribution is 6.07. The number of para-hydroxylation sites is 2. The predicted molar refractivity (Wildman–Crippen MR) is 111 cm³/mol. The SMILES string of the molecule is CC(=O)c1cc(C(=O)Nc2ccccc2C)c(C)n(-c2ccccc2C)c1=O. The maximum atomic E-state index is 13.0. The molecule has 3 aromatic rings. The third-order valence-electron chi connectivity index (χ3n) is 4.82. The lowest BCUT2D eigenvalue weighted by atomic mass is 10.1. The molecule has 0 bridgehead atoms. The summed E-state index contributed by atoms with van der Waals surface area (Å²) in [7, 11) is 0. The number of Topliss-reactive ketones (excluding diaryl/α,β-unsaturated/α-hetero) is 1. The van der Waals surface area contributed by atoms with E-state index in [4.69, 9.17) is 0 Å². The van der Waals surface area contributed by atoms with Gasteiger partial charge in [-0.15, -0.1) is 0 Å². The van der Waals surface area contributed by atoms with Gasteiger partial charge in [0.25, 0.3) is 11.5 Å². The van der Waals surface area contributed by atoms with Crippen LogP contribution in [0.5, 0.6) is 0 Å². The summed E-state index contributed by atoms with van der Waals surface area (Å²) in [5.74, 6) is -0.742. The Morgan fingerprint density at radius 1 is 0.857 bits per heavy atom. The van der Waals surface area contributed by atoms with E-state index in [1.165, 1.54) is 17.6 Å². The van der Waals surface area contributed by atoms with E-state index in [9.17, 15) is 14.4 Å². The molecule has 0 aliphatic carbocycles. The molecule has 0 aliphatic heterocycles. The van der Waals surface area contributed by atoms with Gasteiger partial charge < -0.3 is 5.32 Å². The first-order valence-electron chi connectivity index (χ1n) is 9.02. The predicted octanol–water partition coefficient (Wildman–Crippen LogP) is 4.22. The number of carbonyl (C=O) groups excluding carboxylic acids is 2. The zero-order valence-corrected chi connectivity index (χ0v) is 16.4. The maximum Gasteiger partial charge on any atom is 0.266 e. The quantitative estimate of drug-likeness (QED) is 0.695. The van der Waals surface area contributed by atoms with Crippen LogP contribution in [0.4, 0.5) is 5.69 Å². The molecular formula is C23H22N2O3. The number of hydrogen-bond donors (Lipinski definition) is 1. The first kappa shape index (κ1) is 19.3. The van der Waals surface area contributed by atoms with E-state index in [1.54, 1.807) is 13.0 Å². The minimum Gasteiger partial charge on any atom is -0.322 e. The summed E-state index contributed by atoms with van der Waals surface area (Å²) in [4.78, 5) is 38.1. The van der Waals surface area contributed by atoms with Gasteiger partial charge in [0.1, 0.15) is 0 Å². The number of aromatic nitrogens is 1. The molecule has 0 fully saturated rings. The number of rotatable bonds is 4. The standard InChI is InChI=1S/C23H22N2O3/c1-14-9-5-7-11-20(14)24-22(27)18-13-19(17(4)26)23(28)25(16(18)3)21-12-8-6-10-15(21)2/h5-13H,1-4H3,(H,24,27). The van der Waals surface area contributed by atoms with Gasteiger partial charge in [-0.05, 0) is 57.0 Å². The van der Waals surface area contributed by atoms with Crippen LogP contribution in [0.1, 0.15) is 44.5 Å². The lowest BCUT2D eigenvalue weighted by Crippen LogP contribution is -2.30. The smallest absolute Gasteiger partial charge is 0.266 e. The Labute approximate surface area is 163 Å². The molecule has 1 N–H and O–H groups in total. The topological polar surface area (TPSA) is 68.2 Å². The van der Waals surface area contributed by atoms with Gasteiger partial charge in [0.15, 0.2) is 5.78 Å². The minimum absolute atomic E-state index is 0.0104. The number of anilines is 1. The summed E-state index contributed by atoms with van der Waals surface area (Å²) in [6, 6.07) is 16.2. The number of ketones is 1. The van der Waals surface area contributed by atoms with Crippen molar-refractivity contribution in [2.24, 2.45) is 0 Å². The molecule has 142 valence electrons. The number of nitrogens with one attached hydrogen (secondary N) is 1. The third-order valence-corrected chi connectivity index (χ3v) is 4.82. The number of pyridine rings is 1. The molecule has 0 spiro atoms. The lowest BCUT2D eigenvalue weighted by molar-refractivity contribution is 0.101. The second-order valence-electron chi connectivity index (χ2n) is 6.81. The van der Waals surface area contributed by atoms with Crippen LogP contribution in [0.25, 0.3) is 5.69 Å². The second-order valence-corrected chi connectivity index (χ2v) is 6.81. The molecule has 1 aromatic heterocycles. The Morgan fingerprint density at radius 3 is 2.07 bits per heavy atom. The lowest BCUT2D eigenvalue weighted by Gasteiger charge is -2.18. The van der Waals surface area contributed by atoms with E-state index < -0.39 is 5.56 Å². The van der Waals surface area contributed by atoms with E-state index >= 15 is 0 Å². The van der Waals surface area contributed by atoms with E-state index in [0.717, 1.165) is 11.1 Å². The van der Waals surface area contributed by atoms with Crippen LogP contribution >= 0.6 is 0 Å². The fourth-order valence-corrected chi connectivity index (χ4v) is 3.19. The van der Waals surface area contributed by atoms with Gasteiger partial charge in [-0.1, -0.05) is 36.4 Å². The van der Waals surface area contributed by atoms with Gasteiger partial charge in [-0.3, -0.25) is 19.0 Å². The van der Waals surface area contributed by atoms with E-state index in [0.29, 0.717) is 17.1 Å². The summed E-state index contributed by atoms with van der Waals surface area (Å²) in [5.41, 5.74) is 3.47. The average Bonchev–Trinajstić information content (AvgIpc) is 2.65. The summed E-state index contributed by atoms with van der Waals surface area (Å²) in [6.07, 6.45) is 0. The van der Waals surface area contributed by atoms with Gasteiger partial charge >= 0.3 is 0 Å². The van der Waals surface area contributed by atoms with Gasteiger partial charge in [0.05, 0.1) is 16.8 Å². The van der Waals surface area contributed by atoms with Gasteiger partial charge in [-0.25, -0.2) is 0 Å². The Morgan fingerprint density at radius 2 is 1.46 bits per heavy atom. The monoisotopic (exact) mass is 374 g/mol. The van der Waals surface area contributed by atoms with Crippen molar-refractivity contribution in [1.82, 2.24) is 4.57 Å². The van der Waals surface area contributed by atoms with Crippen molar-refractivity contribution in [3.05, 3.63) is 92.9 Å². The highest BCUT2D eigenvalue weighted by atomic mass is 16.2. The van der Waals surface area contributed by atoms with Crippen molar-refractivity contribution in [1.29, 1.82) is 0 Å². The highest BCUT2D eigenvalue weighted by Crippen LogP contribution is 2.20.